The lowest BCUT2D eigenvalue weighted by Gasteiger charge is -2.11. The maximum absolute atomic E-state index is 12.0. The quantitative estimate of drug-likeness (QED) is 0.633. The van der Waals surface area contributed by atoms with Crippen molar-refractivity contribution < 1.29 is 13.9 Å². The molecule has 0 saturated carbocycles. The van der Waals surface area contributed by atoms with E-state index in [0.29, 0.717) is 11.1 Å². The van der Waals surface area contributed by atoms with Crippen LogP contribution in [0.1, 0.15) is 17.8 Å². The van der Waals surface area contributed by atoms with Crippen molar-refractivity contribution in [2.45, 2.75) is 18.2 Å². The van der Waals surface area contributed by atoms with Crippen LogP contribution in [0.2, 0.25) is 0 Å². The number of methoxy groups -OCH3 is 1. The van der Waals surface area contributed by atoms with Gasteiger partial charge in [-0.05, 0) is 42.6 Å². The molecular weight excluding hydrogens is 358 g/mol. The molecule has 1 unspecified atom stereocenters. The van der Waals surface area contributed by atoms with Gasteiger partial charge in [-0.1, -0.05) is 17.8 Å². The fraction of sp³-hybridized carbons (Fsp3) is 0.235. The van der Waals surface area contributed by atoms with Crippen molar-refractivity contribution in [2.75, 3.05) is 12.9 Å². The van der Waals surface area contributed by atoms with Crippen molar-refractivity contribution in [1.82, 2.24) is 15.5 Å². The van der Waals surface area contributed by atoms with Gasteiger partial charge in [-0.25, -0.2) is 0 Å². The number of benzene rings is 1. The van der Waals surface area contributed by atoms with Crippen molar-refractivity contribution in [3.8, 4) is 17.2 Å². The summed E-state index contributed by atoms with van der Waals surface area (Å²) in [6.45, 7) is 1.96. The van der Waals surface area contributed by atoms with E-state index in [9.17, 15) is 4.79 Å². The van der Waals surface area contributed by atoms with Crippen LogP contribution in [0, 0.1) is 0 Å². The van der Waals surface area contributed by atoms with Crippen LogP contribution in [0.15, 0.2) is 51.4 Å². The van der Waals surface area contributed by atoms with Crippen molar-refractivity contribution in [1.29, 1.82) is 0 Å². The Hall–Kier alpha value is -2.32. The number of nitrogens with zero attached hydrogens (tertiary/aromatic N) is 2. The van der Waals surface area contributed by atoms with Gasteiger partial charge in [0.15, 0.2) is 0 Å². The van der Waals surface area contributed by atoms with E-state index in [4.69, 9.17) is 9.15 Å². The number of carbonyl (C=O) groups is 1. The monoisotopic (exact) mass is 375 g/mol. The average molecular weight is 375 g/mol. The first-order chi connectivity index (χ1) is 12.2. The van der Waals surface area contributed by atoms with E-state index in [1.807, 2.05) is 48.7 Å². The normalized spacial score (nSPS) is 11.9. The zero-order valence-electron chi connectivity index (χ0n) is 13.8. The molecule has 0 aliphatic carbocycles. The van der Waals surface area contributed by atoms with E-state index in [0.717, 1.165) is 16.2 Å². The van der Waals surface area contributed by atoms with E-state index in [1.165, 1.54) is 11.8 Å². The van der Waals surface area contributed by atoms with Gasteiger partial charge >= 0.3 is 0 Å². The molecule has 8 heteroatoms. The summed E-state index contributed by atoms with van der Waals surface area (Å²) in [6.07, 6.45) is 0. The number of rotatable bonds is 7. The molecule has 0 radical (unpaired) electrons. The van der Waals surface area contributed by atoms with Crippen LogP contribution in [0.4, 0.5) is 0 Å². The highest BCUT2D eigenvalue weighted by Crippen LogP contribution is 2.25. The molecular formula is C17H17N3O3S2. The Morgan fingerprint density at radius 3 is 2.80 bits per heavy atom. The van der Waals surface area contributed by atoms with Gasteiger partial charge in [0.2, 0.25) is 11.8 Å². The lowest BCUT2D eigenvalue weighted by molar-refractivity contribution is -0.119. The molecule has 0 aliphatic heterocycles. The van der Waals surface area contributed by atoms with Gasteiger partial charge < -0.3 is 14.5 Å². The van der Waals surface area contributed by atoms with E-state index in [2.05, 4.69) is 15.5 Å². The lowest BCUT2D eigenvalue weighted by Crippen LogP contribution is -2.27. The third-order valence-corrected chi connectivity index (χ3v) is 5.29. The smallest absolute Gasteiger partial charge is 0.277 e. The SMILES string of the molecule is COc1ccc(-c2nnc(SCC(=O)NC(C)c3cccs3)o2)cc1. The summed E-state index contributed by atoms with van der Waals surface area (Å²) >= 11 is 2.84. The van der Waals surface area contributed by atoms with Crippen LogP contribution in [0.25, 0.3) is 11.5 Å². The molecule has 1 N–H and O–H groups in total. The van der Waals surface area contributed by atoms with E-state index in [1.54, 1.807) is 18.4 Å². The molecule has 2 aromatic heterocycles. The minimum Gasteiger partial charge on any atom is -0.497 e. The highest BCUT2D eigenvalue weighted by Gasteiger charge is 2.14. The summed E-state index contributed by atoms with van der Waals surface area (Å²) in [7, 11) is 1.61. The molecule has 0 bridgehead atoms. The number of hydrogen-bond donors (Lipinski definition) is 1. The second-order valence-corrected chi connectivity index (χ2v) is 7.10. The number of thiophene rings is 1. The summed E-state index contributed by atoms with van der Waals surface area (Å²) < 4.78 is 10.7. The molecule has 0 fully saturated rings. The molecule has 3 rings (SSSR count). The summed E-state index contributed by atoms with van der Waals surface area (Å²) in [5.41, 5.74) is 0.802. The van der Waals surface area contributed by atoms with Gasteiger partial charge in [-0.3, -0.25) is 4.79 Å². The minimum absolute atomic E-state index is 0.00866. The molecule has 25 heavy (non-hydrogen) atoms. The van der Waals surface area contributed by atoms with Gasteiger partial charge in [-0.15, -0.1) is 21.5 Å². The molecule has 1 atom stereocenters. The molecule has 0 saturated heterocycles. The number of hydrogen-bond acceptors (Lipinski definition) is 7. The zero-order valence-corrected chi connectivity index (χ0v) is 15.4. The summed E-state index contributed by atoms with van der Waals surface area (Å²) in [6, 6.07) is 11.3. The molecule has 0 aliphatic rings. The van der Waals surface area contributed by atoms with Crippen LogP contribution in [-0.2, 0) is 4.79 Å². The number of carbonyl (C=O) groups excluding carboxylic acids is 1. The van der Waals surface area contributed by atoms with Crippen molar-refractivity contribution in [3.63, 3.8) is 0 Å². The van der Waals surface area contributed by atoms with Crippen molar-refractivity contribution in [2.24, 2.45) is 0 Å². The Morgan fingerprint density at radius 1 is 1.32 bits per heavy atom. The third-order valence-electron chi connectivity index (χ3n) is 3.42. The Balaban J connectivity index is 1.53. The van der Waals surface area contributed by atoms with Crippen LogP contribution in [0.3, 0.4) is 0 Å². The standard InChI is InChI=1S/C17H17N3O3S2/c1-11(14-4-3-9-24-14)18-15(21)10-25-17-20-19-16(23-17)12-5-7-13(22-2)8-6-12/h3-9,11H,10H2,1-2H3,(H,18,21). The number of aromatic nitrogens is 2. The van der Waals surface area contributed by atoms with Crippen LogP contribution < -0.4 is 10.1 Å². The fourth-order valence-electron chi connectivity index (χ4n) is 2.14. The lowest BCUT2D eigenvalue weighted by atomic mass is 10.2. The Labute approximate surface area is 153 Å². The second-order valence-electron chi connectivity index (χ2n) is 5.19. The first kappa shape index (κ1) is 17.5. The van der Waals surface area contributed by atoms with Crippen LogP contribution >= 0.6 is 23.1 Å². The number of ether oxygens (including phenoxy) is 1. The van der Waals surface area contributed by atoms with Gasteiger partial charge in [0.05, 0.1) is 18.9 Å². The van der Waals surface area contributed by atoms with E-state index < -0.39 is 0 Å². The Morgan fingerprint density at radius 2 is 2.12 bits per heavy atom. The van der Waals surface area contributed by atoms with Crippen molar-refractivity contribution in [3.05, 3.63) is 46.7 Å². The summed E-state index contributed by atoms with van der Waals surface area (Å²) in [5.74, 6) is 1.32. The van der Waals surface area contributed by atoms with Gasteiger partial charge in [-0.2, -0.15) is 0 Å². The largest absolute Gasteiger partial charge is 0.497 e. The topological polar surface area (TPSA) is 77.2 Å². The van der Waals surface area contributed by atoms with Gasteiger partial charge in [0.1, 0.15) is 5.75 Å². The molecule has 130 valence electrons. The first-order valence-corrected chi connectivity index (χ1v) is 9.45. The Kier molecular flexibility index (Phi) is 5.72. The predicted octanol–water partition coefficient (Wildman–Crippen LogP) is 3.78. The maximum Gasteiger partial charge on any atom is 0.277 e. The van der Waals surface area contributed by atoms with Gasteiger partial charge in [0, 0.05) is 10.4 Å². The number of nitrogens with one attached hydrogen (secondary N) is 1. The van der Waals surface area contributed by atoms with Crippen LogP contribution in [0.5, 0.6) is 5.75 Å². The first-order valence-electron chi connectivity index (χ1n) is 7.59. The molecule has 2 heterocycles. The Bertz CT molecular complexity index is 816. The fourth-order valence-corrected chi connectivity index (χ4v) is 3.45. The molecule has 3 aromatic rings. The third kappa shape index (κ3) is 4.61. The minimum atomic E-state index is -0.0740. The highest BCUT2D eigenvalue weighted by atomic mass is 32.2. The summed E-state index contributed by atoms with van der Waals surface area (Å²) in [4.78, 5) is 13.2. The molecule has 1 aromatic carbocycles. The zero-order chi connectivity index (χ0) is 17.6. The summed E-state index contributed by atoms with van der Waals surface area (Å²) in [5, 5.41) is 13.3. The average Bonchev–Trinajstić information content (AvgIpc) is 3.32. The molecule has 0 spiro atoms. The number of thioether (sulfide) groups is 1. The van der Waals surface area contributed by atoms with E-state index >= 15 is 0 Å². The van der Waals surface area contributed by atoms with Gasteiger partial charge in [0.25, 0.3) is 5.22 Å². The number of amides is 1. The van der Waals surface area contributed by atoms with E-state index in [-0.39, 0.29) is 17.7 Å². The predicted molar refractivity (Wildman–Crippen MR) is 97.9 cm³/mol. The van der Waals surface area contributed by atoms with Crippen LogP contribution in [-0.4, -0.2) is 29.0 Å². The second kappa shape index (κ2) is 8.17. The molecule has 6 nitrogen and oxygen atoms in total. The maximum atomic E-state index is 12.0. The van der Waals surface area contributed by atoms with Crippen molar-refractivity contribution >= 4 is 29.0 Å². The highest BCUT2D eigenvalue weighted by molar-refractivity contribution is 7.99. The molecule has 1 amide bonds.